The molecule has 3 N–H and O–H groups in total. The predicted octanol–water partition coefficient (Wildman–Crippen LogP) is 7.52. The molecule has 1 aliphatic rings. The molecular weight excluding hydrogens is 694 g/mol. The maximum atomic E-state index is 15.7. The summed E-state index contributed by atoms with van der Waals surface area (Å²) in [6.45, 7) is 11.0. The van der Waals surface area contributed by atoms with Gasteiger partial charge < -0.3 is 19.9 Å². The Kier molecular flexibility index (Phi) is 11.6. The first-order chi connectivity index (χ1) is 25.0. The number of rotatable bonds is 12. The number of ether oxygens (including phenoxy) is 1. The molecule has 5 rings (SSSR count). The Morgan fingerprint density at radius 3 is 2.30 bits per heavy atom. The summed E-state index contributed by atoms with van der Waals surface area (Å²) in [4.78, 5) is 26.2. The first kappa shape index (κ1) is 39.0. The van der Waals surface area contributed by atoms with E-state index in [-0.39, 0.29) is 23.6 Å². The molecule has 2 atom stereocenters. The molecule has 0 bridgehead atoms. The second kappa shape index (κ2) is 15.8. The van der Waals surface area contributed by atoms with Gasteiger partial charge in [-0.25, -0.2) is 13.9 Å². The van der Waals surface area contributed by atoms with Gasteiger partial charge in [-0.3, -0.25) is 4.79 Å². The van der Waals surface area contributed by atoms with Gasteiger partial charge in [-0.1, -0.05) is 43.2 Å². The Labute approximate surface area is 312 Å². The SMILES string of the molecule is CC(C)(C)OC(=O)NCc1cccc(-n2nc(C#N)cc2C(=O)Nc2cc(C(CCC3CC3)(N[S+]([O-])C(C)(C)C)c3ccc(C#N)cc3)ccc2F)c1. The summed E-state index contributed by atoms with van der Waals surface area (Å²) in [6, 6.07) is 23.8. The summed E-state index contributed by atoms with van der Waals surface area (Å²) in [5.41, 5.74) is 0.989. The average Bonchev–Trinajstić information content (AvgIpc) is 3.84. The Morgan fingerprint density at radius 2 is 1.68 bits per heavy atom. The van der Waals surface area contributed by atoms with Gasteiger partial charge in [0, 0.05) is 24.0 Å². The van der Waals surface area contributed by atoms with Gasteiger partial charge in [0.05, 0.1) is 23.0 Å². The highest BCUT2D eigenvalue weighted by Crippen LogP contribution is 2.43. The summed E-state index contributed by atoms with van der Waals surface area (Å²) >= 11 is -1.56. The van der Waals surface area contributed by atoms with Gasteiger partial charge in [-0.15, -0.1) is 4.72 Å². The second-order valence-corrected chi connectivity index (χ2v) is 17.1. The summed E-state index contributed by atoms with van der Waals surface area (Å²) < 4.78 is 38.8. The standard InChI is InChI=1S/C40H44FN7O4S/c1-38(2,3)52-37(50)44-25-28-8-7-9-32(20-28)48-35(22-31(24-43)46-48)36(49)45-34-21-30(16-17-33(34)41)40(19-18-26-10-11-26,47-53(51)39(4,5)6)29-14-12-27(23-42)13-15-29/h7-9,12-17,20-22,26,47H,10-11,18-19,25H2,1-6H3,(H,44,50)(H,45,49). The number of hydrogen-bond acceptors (Lipinski definition) is 8. The fourth-order valence-electron chi connectivity index (χ4n) is 5.75. The Balaban J connectivity index is 1.50. The molecule has 1 heterocycles. The molecule has 4 aromatic rings. The molecule has 13 heteroatoms. The minimum Gasteiger partial charge on any atom is -0.598 e. The molecule has 1 aromatic heterocycles. The van der Waals surface area contributed by atoms with Crippen LogP contribution < -0.4 is 15.4 Å². The Morgan fingerprint density at radius 1 is 0.981 bits per heavy atom. The van der Waals surface area contributed by atoms with E-state index >= 15 is 4.39 Å². The van der Waals surface area contributed by atoms with Crippen molar-refractivity contribution in [1.82, 2.24) is 19.8 Å². The number of nitriles is 2. The van der Waals surface area contributed by atoms with Crippen molar-refractivity contribution in [2.24, 2.45) is 5.92 Å². The summed E-state index contributed by atoms with van der Waals surface area (Å²) in [7, 11) is 0. The fourth-order valence-corrected chi connectivity index (χ4v) is 6.71. The fraction of sp³-hybridized carbons (Fsp3) is 0.375. The molecule has 0 spiro atoms. The minimum absolute atomic E-state index is 0.0253. The number of alkyl carbamates (subject to hydrolysis) is 1. The Hall–Kier alpha value is -5.21. The zero-order valence-electron chi connectivity index (χ0n) is 30.7. The lowest BCUT2D eigenvalue weighted by atomic mass is 9.79. The van der Waals surface area contributed by atoms with Crippen molar-refractivity contribution < 1.29 is 23.3 Å². The molecule has 1 saturated carbocycles. The summed E-state index contributed by atoms with van der Waals surface area (Å²) in [5.74, 6) is -0.907. The molecular formula is C40H44FN7O4S. The number of hydrogen-bond donors (Lipinski definition) is 3. The number of benzene rings is 3. The van der Waals surface area contributed by atoms with Crippen LogP contribution in [0.3, 0.4) is 0 Å². The third-order valence-corrected chi connectivity index (χ3v) is 10.4. The number of nitrogens with zero attached hydrogens (tertiary/aromatic N) is 4. The number of aromatic nitrogens is 2. The van der Waals surface area contributed by atoms with Crippen LogP contribution in [-0.2, 0) is 28.2 Å². The first-order valence-electron chi connectivity index (χ1n) is 17.4. The number of halogens is 1. The molecule has 2 amide bonds. The van der Waals surface area contributed by atoms with Gasteiger partial charge in [-0.05, 0) is 113 Å². The van der Waals surface area contributed by atoms with Gasteiger partial charge >= 0.3 is 6.09 Å². The molecule has 1 fully saturated rings. The highest BCUT2D eigenvalue weighted by Gasteiger charge is 2.43. The van der Waals surface area contributed by atoms with Gasteiger partial charge in [0.2, 0.25) is 0 Å². The maximum absolute atomic E-state index is 15.7. The maximum Gasteiger partial charge on any atom is 0.407 e. The Bertz CT molecular complexity index is 2050. The number of carbonyl (C=O) groups is 2. The largest absolute Gasteiger partial charge is 0.598 e. The topological polar surface area (TPSA) is 168 Å². The predicted molar refractivity (Wildman–Crippen MR) is 201 cm³/mol. The van der Waals surface area contributed by atoms with Crippen LogP contribution in [0.25, 0.3) is 5.69 Å². The van der Waals surface area contributed by atoms with E-state index in [4.69, 9.17) is 4.74 Å². The van der Waals surface area contributed by atoms with Crippen molar-refractivity contribution >= 4 is 29.0 Å². The highest BCUT2D eigenvalue weighted by atomic mass is 32.2. The van der Waals surface area contributed by atoms with Crippen LogP contribution in [0.15, 0.2) is 72.8 Å². The molecule has 0 radical (unpaired) electrons. The van der Waals surface area contributed by atoms with E-state index in [9.17, 15) is 24.7 Å². The van der Waals surface area contributed by atoms with E-state index in [1.165, 1.54) is 16.8 Å². The number of nitrogens with one attached hydrogen (secondary N) is 3. The van der Waals surface area contributed by atoms with Crippen LogP contribution >= 0.6 is 0 Å². The smallest absolute Gasteiger partial charge is 0.407 e. The monoisotopic (exact) mass is 737 g/mol. The van der Waals surface area contributed by atoms with Crippen LogP contribution in [-0.4, -0.2) is 36.7 Å². The van der Waals surface area contributed by atoms with E-state index < -0.39 is 45.1 Å². The molecule has 0 saturated heterocycles. The van der Waals surface area contributed by atoms with Crippen LogP contribution in [0.2, 0.25) is 0 Å². The van der Waals surface area contributed by atoms with E-state index in [2.05, 4.69) is 26.5 Å². The molecule has 2 unspecified atom stereocenters. The van der Waals surface area contributed by atoms with Gasteiger partial charge in [0.1, 0.15) is 33.5 Å². The molecule has 11 nitrogen and oxygen atoms in total. The van der Waals surface area contributed by atoms with Crippen LogP contribution in [0, 0.1) is 34.4 Å². The van der Waals surface area contributed by atoms with Gasteiger partial charge in [0.15, 0.2) is 5.69 Å². The average molecular weight is 738 g/mol. The second-order valence-electron chi connectivity index (χ2n) is 15.2. The molecule has 0 aliphatic heterocycles. The van der Waals surface area contributed by atoms with Crippen molar-refractivity contribution in [1.29, 1.82) is 10.5 Å². The summed E-state index contributed by atoms with van der Waals surface area (Å²) in [6.07, 6.45) is 2.95. The van der Waals surface area contributed by atoms with Gasteiger partial charge in [-0.2, -0.15) is 15.6 Å². The normalized spacial score (nSPS) is 14.7. The lowest BCUT2D eigenvalue weighted by molar-refractivity contribution is 0.0523. The van der Waals surface area contributed by atoms with Crippen molar-refractivity contribution in [2.45, 2.75) is 89.7 Å². The van der Waals surface area contributed by atoms with E-state index in [0.717, 1.165) is 24.8 Å². The first-order valence-corrected chi connectivity index (χ1v) is 18.5. The summed E-state index contributed by atoms with van der Waals surface area (Å²) in [5, 5.41) is 28.9. The lowest BCUT2D eigenvalue weighted by Crippen LogP contribution is -2.52. The molecule has 53 heavy (non-hydrogen) atoms. The van der Waals surface area contributed by atoms with Crippen molar-refractivity contribution in [3.05, 3.63) is 112 Å². The molecule has 276 valence electrons. The van der Waals surface area contributed by atoms with E-state index in [1.54, 1.807) is 69.3 Å². The lowest BCUT2D eigenvalue weighted by Gasteiger charge is -2.39. The molecule has 3 aromatic carbocycles. The van der Waals surface area contributed by atoms with Crippen LogP contribution in [0.1, 0.15) is 106 Å². The third-order valence-electron chi connectivity index (χ3n) is 8.71. The minimum atomic E-state index is -1.56. The van der Waals surface area contributed by atoms with Gasteiger partial charge in [0.25, 0.3) is 5.91 Å². The number of anilines is 1. The van der Waals surface area contributed by atoms with Crippen LogP contribution in [0.4, 0.5) is 14.9 Å². The van der Waals surface area contributed by atoms with Crippen LogP contribution in [0.5, 0.6) is 0 Å². The van der Waals surface area contributed by atoms with E-state index in [0.29, 0.717) is 34.7 Å². The number of carbonyl (C=O) groups excluding carboxylic acids is 2. The van der Waals surface area contributed by atoms with E-state index in [1.807, 2.05) is 39.0 Å². The third kappa shape index (κ3) is 9.82. The quantitative estimate of drug-likeness (QED) is 0.126. The van der Waals surface area contributed by atoms with Crippen molar-refractivity contribution in [3.63, 3.8) is 0 Å². The van der Waals surface area contributed by atoms with Crippen molar-refractivity contribution in [2.75, 3.05) is 5.32 Å². The number of amides is 2. The zero-order chi connectivity index (χ0) is 38.6. The zero-order valence-corrected chi connectivity index (χ0v) is 31.6. The highest BCUT2D eigenvalue weighted by molar-refractivity contribution is 7.90. The van der Waals surface area contributed by atoms with Crippen molar-refractivity contribution in [3.8, 4) is 17.8 Å². The molecule has 1 aliphatic carbocycles.